The van der Waals surface area contributed by atoms with Gasteiger partial charge >= 0.3 is 0 Å². The van der Waals surface area contributed by atoms with Crippen molar-refractivity contribution in [2.45, 2.75) is 27.4 Å². The van der Waals surface area contributed by atoms with E-state index < -0.39 is 0 Å². The summed E-state index contributed by atoms with van der Waals surface area (Å²) in [6, 6.07) is 8.24. The highest BCUT2D eigenvalue weighted by atomic mass is 16.3. The highest BCUT2D eigenvalue weighted by Crippen LogP contribution is 2.25. The zero-order valence-corrected chi connectivity index (χ0v) is 11.9. The van der Waals surface area contributed by atoms with Crippen molar-refractivity contribution in [2.75, 3.05) is 0 Å². The Morgan fingerprint density at radius 1 is 1.05 bits per heavy atom. The minimum atomic E-state index is -0.0659. The predicted molar refractivity (Wildman–Crippen MR) is 78.6 cm³/mol. The summed E-state index contributed by atoms with van der Waals surface area (Å²) in [4.78, 5) is 4.22. The molecule has 1 N–H and O–H groups in total. The van der Waals surface area contributed by atoms with Gasteiger partial charge in [0.25, 0.3) is 0 Å². The minimum absolute atomic E-state index is 0.0659. The average molecular weight is 267 g/mol. The topological polar surface area (TPSA) is 50.4 Å². The van der Waals surface area contributed by atoms with Crippen molar-refractivity contribution < 1.29 is 5.11 Å². The van der Waals surface area contributed by atoms with Crippen molar-refractivity contribution in [3.63, 3.8) is 0 Å². The van der Waals surface area contributed by atoms with E-state index in [2.05, 4.69) is 43.0 Å². The zero-order chi connectivity index (χ0) is 14.3. The van der Waals surface area contributed by atoms with Crippen LogP contribution in [-0.2, 0) is 6.61 Å². The number of aliphatic hydroxyl groups is 1. The molecule has 20 heavy (non-hydrogen) atoms. The molecule has 0 radical (unpaired) electrons. The summed E-state index contributed by atoms with van der Waals surface area (Å²) in [7, 11) is 0. The molecule has 4 heteroatoms. The second-order valence-electron chi connectivity index (χ2n) is 5.15. The van der Waals surface area contributed by atoms with Gasteiger partial charge in [-0.15, -0.1) is 0 Å². The number of aryl methyl sites for hydroxylation is 3. The first-order valence-electron chi connectivity index (χ1n) is 6.63. The minimum Gasteiger partial charge on any atom is -0.390 e. The summed E-state index contributed by atoms with van der Waals surface area (Å²) in [5, 5.41) is 13.9. The monoisotopic (exact) mass is 267 g/mol. The van der Waals surface area contributed by atoms with E-state index in [4.69, 9.17) is 0 Å². The molecule has 3 aromatic rings. The lowest BCUT2D eigenvalue weighted by atomic mass is 9.99. The number of imidazole rings is 1. The van der Waals surface area contributed by atoms with Gasteiger partial charge in [0.05, 0.1) is 24.2 Å². The highest BCUT2D eigenvalue weighted by molar-refractivity contribution is 5.66. The summed E-state index contributed by atoms with van der Waals surface area (Å²) >= 11 is 0. The maximum atomic E-state index is 9.32. The van der Waals surface area contributed by atoms with E-state index in [0.717, 1.165) is 16.9 Å². The van der Waals surface area contributed by atoms with Crippen molar-refractivity contribution in [1.29, 1.82) is 0 Å². The van der Waals surface area contributed by atoms with Crippen LogP contribution >= 0.6 is 0 Å². The first-order chi connectivity index (χ1) is 9.60. The molecular weight excluding hydrogens is 250 g/mol. The molecule has 0 fully saturated rings. The highest BCUT2D eigenvalue weighted by Gasteiger charge is 2.09. The first kappa shape index (κ1) is 12.8. The second kappa shape index (κ2) is 4.72. The van der Waals surface area contributed by atoms with E-state index in [1.165, 1.54) is 16.7 Å². The van der Waals surface area contributed by atoms with Crippen LogP contribution in [0.15, 0.2) is 30.5 Å². The fourth-order valence-electron chi connectivity index (χ4n) is 2.41. The van der Waals surface area contributed by atoms with Crippen LogP contribution in [0.2, 0.25) is 0 Å². The molecule has 3 rings (SSSR count). The summed E-state index contributed by atoms with van der Waals surface area (Å²) in [6.45, 7) is 6.24. The van der Waals surface area contributed by atoms with Crippen LogP contribution in [0.4, 0.5) is 0 Å². The van der Waals surface area contributed by atoms with E-state index in [1.807, 2.05) is 12.1 Å². The number of rotatable bonds is 2. The molecule has 0 aliphatic carbocycles. The third kappa shape index (κ3) is 1.98. The first-order valence-corrected chi connectivity index (χ1v) is 6.63. The quantitative estimate of drug-likeness (QED) is 0.776. The van der Waals surface area contributed by atoms with Crippen molar-refractivity contribution in [3.8, 4) is 11.3 Å². The van der Waals surface area contributed by atoms with Crippen molar-refractivity contribution in [1.82, 2.24) is 14.6 Å². The third-order valence-electron chi connectivity index (χ3n) is 3.71. The molecule has 2 heterocycles. The lowest BCUT2D eigenvalue weighted by Gasteiger charge is -2.10. The molecule has 4 nitrogen and oxygen atoms in total. The number of fused-ring (bicyclic) bond motifs is 1. The van der Waals surface area contributed by atoms with E-state index in [-0.39, 0.29) is 6.61 Å². The number of aliphatic hydroxyl groups excluding tert-OH is 1. The van der Waals surface area contributed by atoms with Crippen molar-refractivity contribution in [3.05, 3.63) is 52.8 Å². The lowest BCUT2D eigenvalue weighted by Crippen LogP contribution is -2.00. The smallest absolute Gasteiger partial charge is 0.153 e. The molecule has 0 spiro atoms. The Bertz CT molecular complexity index is 790. The molecule has 0 aliphatic rings. The molecular formula is C16H17N3O. The molecule has 0 atom stereocenters. The Morgan fingerprint density at radius 3 is 2.55 bits per heavy atom. The van der Waals surface area contributed by atoms with Crippen LogP contribution in [0.1, 0.15) is 22.4 Å². The molecule has 0 bridgehead atoms. The Morgan fingerprint density at radius 2 is 1.80 bits per heavy atom. The van der Waals surface area contributed by atoms with E-state index in [0.29, 0.717) is 5.69 Å². The lowest BCUT2D eigenvalue weighted by molar-refractivity contribution is 0.274. The van der Waals surface area contributed by atoms with Crippen LogP contribution in [0.3, 0.4) is 0 Å². The van der Waals surface area contributed by atoms with Crippen LogP contribution in [0.25, 0.3) is 16.9 Å². The van der Waals surface area contributed by atoms with Gasteiger partial charge in [0.1, 0.15) is 0 Å². The van der Waals surface area contributed by atoms with E-state index in [1.54, 1.807) is 10.7 Å². The zero-order valence-electron chi connectivity index (χ0n) is 11.9. The predicted octanol–water partition coefficient (Wildman–Crippen LogP) is 2.81. The molecule has 0 saturated heterocycles. The molecule has 0 unspecified atom stereocenters. The second-order valence-corrected chi connectivity index (χ2v) is 5.15. The standard InChI is InChI=1S/C16H17N3O/c1-10-6-12(3)14(7-11(10)2)15-4-5-16-17-8-13(9-20)19(16)18-15/h4-8,20H,9H2,1-3H3. The largest absolute Gasteiger partial charge is 0.390 e. The van der Waals surface area contributed by atoms with Crippen molar-refractivity contribution >= 4 is 5.65 Å². The Balaban J connectivity index is 2.21. The van der Waals surface area contributed by atoms with Crippen LogP contribution in [0.5, 0.6) is 0 Å². The fourth-order valence-corrected chi connectivity index (χ4v) is 2.41. The number of hydrogen-bond acceptors (Lipinski definition) is 3. The van der Waals surface area contributed by atoms with Gasteiger partial charge < -0.3 is 5.11 Å². The van der Waals surface area contributed by atoms with Gasteiger partial charge in [-0.05, 0) is 55.7 Å². The summed E-state index contributed by atoms with van der Waals surface area (Å²) in [6.07, 6.45) is 1.65. The maximum Gasteiger partial charge on any atom is 0.153 e. The van der Waals surface area contributed by atoms with Gasteiger partial charge in [0.15, 0.2) is 5.65 Å². The Labute approximate surface area is 117 Å². The summed E-state index contributed by atoms with van der Waals surface area (Å²) in [5.74, 6) is 0. The normalized spacial score (nSPS) is 11.2. The van der Waals surface area contributed by atoms with Gasteiger partial charge in [-0.1, -0.05) is 6.07 Å². The van der Waals surface area contributed by atoms with Crippen molar-refractivity contribution in [2.24, 2.45) is 0 Å². The van der Waals surface area contributed by atoms with Crippen LogP contribution < -0.4 is 0 Å². The van der Waals surface area contributed by atoms with Crippen LogP contribution in [-0.4, -0.2) is 19.7 Å². The van der Waals surface area contributed by atoms with Gasteiger partial charge in [-0.3, -0.25) is 0 Å². The van der Waals surface area contributed by atoms with Gasteiger partial charge in [-0.2, -0.15) is 5.10 Å². The number of hydrogen-bond donors (Lipinski definition) is 1. The van der Waals surface area contributed by atoms with Crippen LogP contribution in [0, 0.1) is 20.8 Å². The summed E-state index contributed by atoms with van der Waals surface area (Å²) in [5.41, 5.74) is 7.19. The van der Waals surface area contributed by atoms with E-state index in [9.17, 15) is 5.11 Å². The Kier molecular flexibility index (Phi) is 3.03. The number of aromatic nitrogens is 3. The molecule has 2 aromatic heterocycles. The maximum absolute atomic E-state index is 9.32. The SMILES string of the molecule is Cc1cc(C)c(-c2ccc3ncc(CO)n3n2)cc1C. The van der Waals surface area contributed by atoms with E-state index >= 15 is 0 Å². The number of nitrogens with zero attached hydrogens (tertiary/aromatic N) is 3. The average Bonchev–Trinajstić information content (AvgIpc) is 2.85. The Hall–Kier alpha value is -2.20. The van der Waals surface area contributed by atoms with Gasteiger partial charge in [-0.25, -0.2) is 9.50 Å². The summed E-state index contributed by atoms with van der Waals surface area (Å²) < 4.78 is 1.70. The number of benzene rings is 1. The van der Waals surface area contributed by atoms with Gasteiger partial charge in [0.2, 0.25) is 0 Å². The fraction of sp³-hybridized carbons (Fsp3) is 0.250. The molecule has 0 amide bonds. The third-order valence-corrected chi connectivity index (χ3v) is 3.71. The molecule has 102 valence electrons. The molecule has 1 aromatic carbocycles. The molecule has 0 saturated carbocycles. The molecule has 0 aliphatic heterocycles. The van der Waals surface area contributed by atoms with Gasteiger partial charge in [0, 0.05) is 5.56 Å².